The van der Waals surface area contributed by atoms with Crippen LogP contribution in [0, 0.1) is 0 Å². The van der Waals surface area contributed by atoms with Crippen molar-refractivity contribution in [3.63, 3.8) is 0 Å². The van der Waals surface area contributed by atoms with Crippen molar-refractivity contribution in [3.05, 3.63) is 30.3 Å². The number of rotatable bonds is 9. The second-order valence-corrected chi connectivity index (χ2v) is 9.20. The second kappa shape index (κ2) is 13.9. The molecule has 2 aliphatic rings. The van der Waals surface area contributed by atoms with Crippen molar-refractivity contribution >= 4 is 16.3 Å². The first-order chi connectivity index (χ1) is 16.9. The number of nitrogens with zero attached hydrogens (tertiary/aromatic N) is 1. The molecule has 0 aliphatic carbocycles. The largest absolute Gasteiger partial charge is 1.00 e. The fraction of sp³-hybridized carbons (Fsp3) is 0.650. The average molecular weight is 561 g/mol. The summed E-state index contributed by atoms with van der Waals surface area (Å²) >= 11 is 0. The molecule has 1 aromatic carbocycles. The van der Waals surface area contributed by atoms with Crippen molar-refractivity contribution < 1.29 is 96.3 Å². The summed E-state index contributed by atoms with van der Waals surface area (Å²) in [5, 5.41) is 63.5. The number of aliphatic imine (C=N–C) groups is 1. The van der Waals surface area contributed by atoms with E-state index in [2.05, 4.69) is 9.18 Å². The summed E-state index contributed by atoms with van der Waals surface area (Å²) in [7, 11) is -4.93. The maximum Gasteiger partial charge on any atom is 1.00 e. The zero-order valence-corrected chi connectivity index (χ0v) is 22.7. The van der Waals surface area contributed by atoms with E-state index in [1.807, 2.05) is 0 Å². The van der Waals surface area contributed by atoms with Gasteiger partial charge in [-0.3, -0.25) is 9.55 Å². The first kappa shape index (κ1) is 32.3. The summed E-state index contributed by atoms with van der Waals surface area (Å²) in [6, 6.07) is 6.64. The third-order valence-electron chi connectivity index (χ3n) is 5.49. The number of hydrogen-bond donors (Lipinski definition) is 6. The Morgan fingerprint density at radius 2 is 1.62 bits per heavy atom. The summed E-state index contributed by atoms with van der Waals surface area (Å²) < 4.78 is 57.0. The van der Waals surface area contributed by atoms with Crippen LogP contribution >= 0.6 is 0 Å². The molecule has 37 heavy (non-hydrogen) atoms. The maximum absolute atomic E-state index is 11.6. The van der Waals surface area contributed by atoms with Crippen molar-refractivity contribution in [1.29, 1.82) is 0 Å². The number of para-hydroxylation sites is 1. The van der Waals surface area contributed by atoms with Gasteiger partial charge in [0.15, 0.2) is 6.29 Å². The van der Waals surface area contributed by atoms with Gasteiger partial charge in [0.05, 0.1) is 13.2 Å². The standard InChI is InChI=1S/C20H29NO14S.Na/c1-9(23)21-13-15(25)14(24)12(8-31-36(28,29)30)34-19(13)35-18-11(7-22)33-20(17(27)16(18)26)32-10-5-3-2-4-6-10;/h2-6,11-20,22,24-27H,7-8H2,1H3,(H,21,23)(H,28,29,30);/q;+1/p-1/t11-,12-,13-,14-,15-,16-,17-,18-,19+,20+;/m1./s1. The van der Waals surface area contributed by atoms with Crippen molar-refractivity contribution in [1.82, 2.24) is 0 Å². The fourth-order valence-electron chi connectivity index (χ4n) is 3.77. The molecule has 0 saturated carbocycles. The summed E-state index contributed by atoms with van der Waals surface area (Å²) in [6.07, 6.45) is -14.7. The zero-order chi connectivity index (χ0) is 26.6. The molecular formula is C20H28NNaO14S. The molecule has 15 nitrogen and oxygen atoms in total. The van der Waals surface area contributed by atoms with Crippen LogP contribution in [-0.4, -0.2) is 119 Å². The van der Waals surface area contributed by atoms with Gasteiger partial charge in [-0.15, -0.1) is 0 Å². The van der Waals surface area contributed by atoms with E-state index in [1.165, 1.54) is 0 Å². The number of hydrogen-bond acceptors (Lipinski definition) is 14. The molecule has 0 aromatic heterocycles. The Balaban J connectivity index is 0.00000481. The van der Waals surface area contributed by atoms with E-state index in [0.29, 0.717) is 5.75 Å². The van der Waals surface area contributed by atoms with Crippen LogP contribution in [0.25, 0.3) is 0 Å². The molecule has 204 valence electrons. The van der Waals surface area contributed by atoms with E-state index >= 15 is 0 Å². The van der Waals surface area contributed by atoms with Crippen molar-refractivity contribution in [3.8, 4) is 5.75 Å². The third kappa shape index (κ3) is 8.51. The molecule has 0 unspecified atom stereocenters. The minimum absolute atomic E-state index is 0. The number of benzene rings is 1. The smallest absolute Gasteiger partial charge is 0.862 e. The summed E-state index contributed by atoms with van der Waals surface area (Å²) in [5.41, 5.74) is 0. The van der Waals surface area contributed by atoms with Crippen LogP contribution in [0.1, 0.15) is 6.92 Å². The van der Waals surface area contributed by atoms with Gasteiger partial charge in [-0.1, -0.05) is 18.2 Å². The number of aliphatic hydroxyl groups excluding tert-OH is 5. The fourth-order valence-corrected chi connectivity index (χ4v) is 4.08. The minimum atomic E-state index is -4.93. The normalized spacial score (nSPS) is 37.0. The number of aliphatic hydroxyl groups is 5. The van der Waals surface area contributed by atoms with E-state index in [-0.39, 0.29) is 29.6 Å². The van der Waals surface area contributed by atoms with Crippen LogP contribution in [0.3, 0.4) is 0 Å². The van der Waals surface area contributed by atoms with Crippen LogP contribution in [0.4, 0.5) is 0 Å². The van der Waals surface area contributed by atoms with Crippen LogP contribution in [0.2, 0.25) is 0 Å². The van der Waals surface area contributed by atoms with Gasteiger partial charge in [-0.05, 0) is 25.0 Å². The van der Waals surface area contributed by atoms with Gasteiger partial charge in [0, 0.05) is 0 Å². The Kier molecular flexibility index (Phi) is 12.1. The Hall–Kier alpha value is -0.960. The predicted molar refractivity (Wildman–Crippen MR) is 115 cm³/mol. The van der Waals surface area contributed by atoms with Crippen LogP contribution < -0.4 is 39.4 Å². The predicted octanol–water partition coefficient (Wildman–Crippen LogP) is -6.69. The Morgan fingerprint density at radius 1 is 1.00 bits per heavy atom. The number of ether oxygens (including phenoxy) is 4. The van der Waals surface area contributed by atoms with E-state index < -0.39 is 90.9 Å². The Bertz CT molecular complexity index is 979. The Morgan fingerprint density at radius 3 is 2.19 bits per heavy atom. The SMILES string of the molecule is CC([O-])=N[C@H]1[C@H](O[C@H]2[C@H](O)[C@@H](O)[C@@H](Oc3ccccc3)O[C@@H]2CO)O[C@H](COS(=O)(=O)O)[C@@H](O)[C@@H]1O.[Na+]. The molecule has 17 heteroatoms. The van der Waals surface area contributed by atoms with Gasteiger partial charge in [-0.25, -0.2) is 4.18 Å². The molecule has 0 spiro atoms. The van der Waals surface area contributed by atoms with Crippen LogP contribution in [0.15, 0.2) is 35.3 Å². The molecule has 3 rings (SSSR count). The molecule has 6 N–H and O–H groups in total. The van der Waals surface area contributed by atoms with E-state index in [9.17, 15) is 39.1 Å². The average Bonchev–Trinajstić information content (AvgIpc) is 2.82. The molecule has 2 saturated heterocycles. The van der Waals surface area contributed by atoms with Crippen molar-refractivity contribution in [2.75, 3.05) is 13.2 Å². The monoisotopic (exact) mass is 561 g/mol. The second-order valence-electron chi connectivity index (χ2n) is 8.11. The van der Waals surface area contributed by atoms with Gasteiger partial charge >= 0.3 is 40.0 Å². The minimum Gasteiger partial charge on any atom is -0.862 e. The van der Waals surface area contributed by atoms with Crippen LogP contribution in [-0.2, 0) is 28.8 Å². The first-order valence-electron chi connectivity index (χ1n) is 10.8. The van der Waals surface area contributed by atoms with Crippen molar-refractivity contribution in [2.24, 2.45) is 4.99 Å². The molecular weight excluding hydrogens is 533 g/mol. The summed E-state index contributed by atoms with van der Waals surface area (Å²) in [6.45, 7) is -0.634. The molecule has 0 bridgehead atoms. The molecule has 1 aromatic rings. The Labute approximate surface area is 234 Å². The van der Waals surface area contributed by atoms with E-state index in [0.717, 1.165) is 6.92 Å². The van der Waals surface area contributed by atoms with E-state index in [1.54, 1.807) is 30.3 Å². The van der Waals surface area contributed by atoms with Gasteiger partial charge in [0.1, 0.15) is 54.5 Å². The summed E-state index contributed by atoms with van der Waals surface area (Å²) in [5.74, 6) is -0.480. The topological polar surface area (TPSA) is 237 Å². The molecule has 2 heterocycles. The van der Waals surface area contributed by atoms with E-state index in [4.69, 9.17) is 23.5 Å². The maximum atomic E-state index is 11.6. The van der Waals surface area contributed by atoms with Crippen molar-refractivity contribution in [2.45, 2.75) is 68.3 Å². The summed E-state index contributed by atoms with van der Waals surface area (Å²) in [4.78, 5) is 3.64. The molecule has 2 aliphatic heterocycles. The quantitative estimate of drug-likeness (QED) is 0.0711. The van der Waals surface area contributed by atoms with Gasteiger partial charge < -0.3 is 49.6 Å². The van der Waals surface area contributed by atoms with Crippen LogP contribution in [0.5, 0.6) is 5.75 Å². The molecule has 10 atom stereocenters. The zero-order valence-electron chi connectivity index (χ0n) is 19.9. The third-order valence-corrected chi connectivity index (χ3v) is 5.92. The first-order valence-corrected chi connectivity index (χ1v) is 12.1. The van der Waals surface area contributed by atoms with Gasteiger partial charge in [-0.2, -0.15) is 8.42 Å². The molecule has 0 amide bonds. The van der Waals surface area contributed by atoms with Gasteiger partial charge in [0.25, 0.3) is 0 Å². The van der Waals surface area contributed by atoms with Gasteiger partial charge in [0.2, 0.25) is 6.29 Å². The molecule has 0 radical (unpaired) electrons. The molecule has 2 fully saturated rings.